The molecule has 2 aromatic heterocycles. The van der Waals surface area contributed by atoms with Gasteiger partial charge in [0.2, 0.25) is 5.88 Å². The number of aryl methyl sites for hydroxylation is 1. The second-order valence-corrected chi connectivity index (χ2v) is 8.46. The fourth-order valence-corrected chi connectivity index (χ4v) is 4.04. The van der Waals surface area contributed by atoms with Gasteiger partial charge >= 0.3 is 0 Å². The highest BCUT2D eigenvalue weighted by molar-refractivity contribution is 5.65. The maximum absolute atomic E-state index is 10.6. The fraction of sp³-hybridized carbons (Fsp3) is 0.321. The number of methoxy groups -OCH3 is 1. The van der Waals surface area contributed by atoms with Gasteiger partial charge in [0.15, 0.2) is 0 Å². The monoisotopic (exact) mass is 491 g/mol. The van der Waals surface area contributed by atoms with Gasteiger partial charge in [-0.2, -0.15) is 5.10 Å². The number of nitrogens with zero attached hydrogens (tertiary/aromatic N) is 3. The molecule has 0 saturated heterocycles. The molecule has 2 aromatic carbocycles. The summed E-state index contributed by atoms with van der Waals surface area (Å²) in [6.45, 7) is 4.12. The quantitative estimate of drug-likeness (QED) is 0.285. The number of hydrogen-bond donors (Lipinski definition) is 1. The molecule has 0 bridgehead atoms. The number of hydrogen-bond acceptors (Lipinski definition) is 7. The summed E-state index contributed by atoms with van der Waals surface area (Å²) in [6, 6.07) is 21.3. The molecule has 0 radical (unpaired) electrons. The van der Waals surface area contributed by atoms with Crippen molar-refractivity contribution >= 4 is 0 Å². The van der Waals surface area contributed by atoms with E-state index in [0.29, 0.717) is 37.9 Å². The van der Waals surface area contributed by atoms with E-state index in [1.54, 1.807) is 18.1 Å². The van der Waals surface area contributed by atoms with Crippen molar-refractivity contribution < 1.29 is 23.7 Å². The van der Waals surface area contributed by atoms with Crippen LogP contribution in [0.5, 0.6) is 17.4 Å². The van der Waals surface area contributed by atoms with E-state index in [0.717, 1.165) is 28.3 Å². The van der Waals surface area contributed by atoms with Crippen LogP contribution in [0.3, 0.4) is 0 Å². The van der Waals surface area contributed by atoms with E-state index in [9.17, 15) is 5.11 Å². The lowest BCUT2D eigenvalue weighted by molar-refractivity contribution is 0.0167. The summed E-state index contributed by atoms with van der Waals surface area (Å²) in [7, 11) is 3.50. The molecular weight excluding hydrogens is 458 g/mol. The zero-order valence-corrected chi connectivity index (χ0v) is 21.0. The van der Waals surface area contributed by atoms with E-state index in [-0.39, 0.29) is 6.61 Å². The van der Waals surface area contributed by atoms with Gasteiger partial charge < -0.3 is 23.7 Å². The summed E-state index contributed by atoms with van der Waals surface area (Å²) in [4.78, 5) is 2.12. The van der Waals surface area contributed by atoms with Crippen molar-refractivity contribution in [3.8, 4) is 28.6 Å². The Hall–Kier alpha value is -3.59. The summed E-state index contributed by atoms with van der Waals surface area (Å²) in [5.74, 6) is 2.86. The van der Waals surface area contributed by atoms with Crippen LogP contribution in [0.25, 0.3) is 11.3 Å². The predicted molar refractivity (Wildman–Crippen MR) is 137 cm³/mol. The number of ether oxygens (including phenoxy) is 3. The molecule has 0 saturated carbocycles. The van der Waals surface area contributed by atoms with E-state index < -0.39 is 6.10 Å². The first-order valence-corrected chi connectivity index (χ1v) is 12.0. The topological polar surface area (TPSA) is 82.1 Å². The van der Waals surface area contributed by atoms with Gasteiger partial charge in [-0.05, 0) is 43.3 Å². The number of aliphatic hydroxyl groups excluding tert-OH is 1. The van der Waals surface area contributed by atoms with E-state index in [1.165, 1.54) is 0 Å². The molecule has 4 aromatic rings. The first-order chi connectivity index (χ1) is 17.6. The lowest BCUT2D eigenvalue weighted by Gasteiger charge is -2.24. The van der Waals surface area contributed by atoms with Gasteiger partial charge in [-0.25, -0.2) is 4.68 Å². The molecular formula is C28H33N3O5. The van der Waals surface area contributed by atoms with Gasteiger partial charge in [0.05, 0.1) is 38.2 Å². The second-order valence-electron chi connectivity index (χ2n) is 8.46. The van der Waals surface area contributed by atoms with E-state index in [2.05, 4.69) is 4.90 Å². The highest BCUT2D eigenvalue weighted by Crippen LogP contribution is 2.35. The second kappa shape index (κ2) is 12.4. The highest BCUT2D eigenvalue weighted by Gasteiger charge is 2.24. The van der Waals surface area contributed by atoms with Gasteiger partial charge in [0, 0.05) is 32.3 Å². The van der Waals surface area contributed by atoms with E-state index >= 15 is 0 Å². The largest absolute Gasteiger partial charge is 0.497 e. The SMILES string of the molecule is CCOC[C@H](O)CN(Cc1ccco1)Cc1c(-c2ccccc2)nn(C)c1Oc1ccc(OC)cc1. The number of rotatable bonds is 13. The minimum absolute atomic E-state index is 0.263. The van der Waals surface area contributed by atoms with Crippen molar-refractivity contribution in [2.75, 3.05) is 26.9 Å². The fourth-order valence-electron chi connectivity index (χ4n) is 4.04. The Bertz CT molecular complexity index is 1190. The summed E-state index contributed by atoms with van der Waals surface area (Å²) in [5, 5.41) is 15.5. The molecule has 1 N–H and O–H groups in total. The van der Waals surface area contributed by atoms with Crippen molar-refractivity contribution in [1.29, 1.82) is 0 Å². The van der Waals surface area contributed by atoms with E-state index in [1.807, 2.05) is 80.7 Å². The van der Waals surface area contributed by atoms with Crippen molar-refractivity contribution in [2.45, 2.75) is 26.1 Å². The first kappa shape index (κ1) is 25.5. The molecule has 0 aliphatic rings. The number of furan rings is 1. The molecule has 8 nitrogen and oxygen atoms in total. The van der Waals surface area contributed by atoms with Crippen molar-refractivity contribution in [3.63, 3.8) is 0 Å². The maximum atomic E-state index is 10.6. The van der Waals surface area contributed by atoms with Crippen LogP contribution in [0.2, 0.25) is 0 Å². The van der Waals surface area contributed by atoms with Gasteiger partial charge in [-0.3, -0.25) is 4.90 Å². The summed E-state index contributed by atoms with van der Waals surface area (Å²) >= 11 is 0. The Morgan fingerprint density at radius 2 is 1.75 bits per heavy atom. The van der Waals surface area contributed by atoms with Crippen LogP contribution >= 0.6 is 0 Å². The van der Waals surface area contributed by atoms with Crippen LogP contribution in [-0.4, -0.2) is 52.8 Å². The molecule has 0 spiro atoms. The lowest BCUT2D eigenvalue weighted by atomic mass is 10.1. The van der Waals surface area contributed by atoms with Crippen molar-refractivity contribution in [1.82, 2.24) is 14.7 Å². The predicted octanol–water partition coefficient (Wildman–Crippen LogP) is 4.88. The molecule has 0 aliphatic carbocycles. The molecule has 0 amide bonds. The zero-order chi connectivity index (χ0) is 25.3. The summed E-state index contributed by atoms with van der Waals surface area (Å²) in [6.07, 6.45) is 1.00. The highest BCUT2D eigenvalue weighted by atomic mass is 16.5. The van der Waals surface area contributed by atoms with E-state index in [4.69, 9.17) is 23.7 Å². The molecule has 4 rings (SSSR count). The van der Waals surface area contributed by atoms with Crippen molar-refractivity contribution in [2.24, 2.45) is 7.05 Å². The standard InChI is InChI=1S/C28H33N3O5/c1-4-34-20-22(32)17-31(18-25-11-8-16-35-25)19-26-27(21-9-6-5-7-10-21)29-30(2)28(26)36-24-14-12-23(33-3)13-15-24/h5-16,22,32H,4,17-20H2,1-3H3/t22-/m1/s1. The van der Waals surface area contributed by atoms with Crippen LogP contribution < -0.4 is 9.47 Å². The van der Waals surface area contributed by atoms with Gasteiger partial charge in [0.1, 0.15) is 23.0 Å². The average molecular weight is 492 g/mol. The first-order valence-electron chi connectivity index (χ1n) is 12.0. The molecule has 8 heteroatoms. The zero-order valence-electron chi connectivity index (χ0n) is 21.0. The number of benzene rings is 2. The summed E-state index contributed by atoms with van der Waals surface area (Å²) in [5.41, 5.74) is 2.72. The Morgan fingerprint density at radius 3 is 2.42 bits per heavy atom. The van der Waals surface area contributed by atoms with Crippen molar-refractivity contribution in [3.05, 3.63) is 84.3 Å². The number of aromatic nitrogens is 2. The molecule has 0 aliphatic heterocycles. The van der Waals surface area contributed by atoms with Crippen LogP contribution in [0, 0.1) is 0 Å². The third-order valence-electron chi connectivity index (χ3n) is 5.73. The normalized spacial score (nSPS) is 12.1. The van der Waals surface area contributed by atoms with Crippen LogP contribution in [0.15, 0.2) is 77.4 Å². The molecule has 190 valence electrons. The van der Waals surface area contributed by atoms with Crippen LogP contribution in [0.1, 0.15) is 18.2 Å². The molecule has 36 heavy (non-hydrogen) atoms. The minimum Gasteiger partial charge on any atom is -0.497 e. The van der Waals surface area contributed by atoms with Crippen LogP contribution in [0.4, 0.5) is 0 Å². The summed E-state index contributed by atoms with van der Waals surface area (Å²) < 4.78 is 24.4. The smallest absolute Gasteiger partial charge is 0.222 e. The molecule has 2 heterocycles. The third-order valence-corrected chi connectivity index (χ3v) is 5.73. The molecule has 0 fully saturated rings. The third kappa shape index (κ3) is 6.54. The average Bonchev–Trinajstić information content (AvgIpc) is 3.52. The van der Waals surface area contributed by atoms with Gasteiger partial charge in [0.25, 0.3) is 0 Å². The maximum Gasteiger partial charge on any atom is 0.222 e. The Kier molecular flexibility index (Phi) is 8.78. The molecule has 1 atom stereocenters. The molecule has 0 unspecified atom stereocenters. The Morgan fingerprint density at radius 1 is 1.00 bits per heavy atom. The van der Waals surface area contributed by atoms with Gasteiger partial charge in [-0.15, -0.1) is 0 Å². The van der Waals surface area contributed by atoms with Crippen LogP contribution in [-0.2, 0) is 24.9 Å². The Labute approximate surface area is 211 Å². The Balaban J connectivity index is 1.69. The number of aliphatic hydroxyl groups is 1. The van der Waals surface area contributed by atoms with Gasteiger partial charge in [-0.1, -0.05) is 30.3 Å². The lowest BCUT2D eigenvalue weighted by Crippen LogP contribution is -2.34. The minimum atomic E-state index is -0.650.